The Labute approximate surface area is 81.1 Å². The van der Waals surface area contributed by atoms with Crippen molar-refractivity contribution < 1.29 is 4.39 Å². The number of H-pyrrole nitrogens is 1. The van der Waals surface area contributed by atoms with Crippen LogP contribution in [0.15, 0.2) is 12.1 Å². The highest BCUT2D eigenvalue weighted by molar-refractivity contribution is 5.80. The van der Waals surface area contributed by atoms with Crippen LogP contribution in [0.2, 0.25) is 0 Å². The lowest BCUT2D eigenvalue weighted by Crippen LogP contribution is -1.86. The smallest absolute Gasteiger partial charge is 0.216 e. The predicted molar refractivity (Wildman–Crippen MR) is 52.8 cm³/mol. The van der Waals surface area contributed by atoms with Crippen LogP contribution in [0.1, 0.15) is 29.9 Å². The van der Waals surface area contributed by atoms with Crippen LogP contribution in [0.25, 0.3) is 10.9 Å². The van der Waals surface area contributed by atoms with Gasteiger partial charge in [-0.15, -0.1) is 0 Å². The molecule has 1 aromatic carbocycles. The fourth-order valence-corrected chi connectivity index (χ4v) is 1.98. The average Bonchev–Trinajstić information content (AvgIpc) is 2.93. The second-order valence-corrected chi connectivity index (χ2v) is 4.04. The quantitative estimate of drug-likeness (QED) is 0.735. The van der Waals surface area contributed by atoms with Gasteiger partial charge in [0.15, 0.2) is 0 Å². The van der Waals surface area contributed by atoms with Crippen LogP contribution in [0.5, 0.6) is 0 Å². The lowest BCUT2D eigenvalue weighted by molar-refractivity contribution is 0.588. The summed E-state index contributed by atoms with van der Waals surface area (Å²) in [6.45, 7) is 2.07. The zero-order valence-electron chi connectivity index (χ0n) is 7.97. The van der Waals surface area contributed by atoms with Gasteiger partial charge in [-0.3, -0.25) is 5.10 Å². The number of aryl methyl sites for hydroxylation is 1. The number of nitrogens with zero attached hydrogens (tertiary/aromatic N) is 1. The van der Waals surface area contributed by atoms with Gasteiger partial charge in [-0.25, -0.2) is 0 Å². The monoisotopic (exact) mass is 190 g/mol. The fraction of sp³-hybridized carbons (Fsp3) is 0.364. The molecule has 0 atom stereocenters. The van der Waals surface area contributed by atoms with Gasteiger partial charge >= 0.3 is 0 Å². The molecule has 14 heavy (non-hydrogen) atoms. The second kappa shape index (κ2) is 2.56. The molecule has 0 radical (unpaired) electrons. The number of aromatic nitrogens is 2. The Morgan fingerprint density at radius 2 is 2.21 bits per heavy atom. The molecule has 1 aromatic heterocycles. The molecule has 0 aliphatic heterocycles. The molecular weight excluding hydrogens is 179 g/mol. The zero-order chi connectivity index (χ0) is 9.71. The molecule has 1 heterocycles. The third kappa shape index (κ3) is 1.05. The molecule has 0 amide bonds. The topological polar surface area (TPSA) is 28.7 Å². The first-order valence-electron chi connectivity index (χ1n) is 4.90. The maximum atomic E-state index is 13.2. The molecule has 0 spiro atoms. The van der Waals surface area contributed by atoms with E-state index in [2.05, 4.69) is 17.1 Å². The average molecular weight is 190 g/mol. The second-order valence-electron chi connectivity index (χ2n) is 4.04. The maximum Gasteiger partial charge on any atom is 0.216 e. The minimum Gasteiger partial charge on any atom is -0.252 e. The Balaban J connectivity index is 2.29. The molecule has 1 aliphatic rings. The predicted octanol–water partition coefficient (Wildman–Crippen LogP) is 2.89. The van der Waals surface area contributed by atoms with E-state index in [0.717, 1.165) is 5.52 Å². The summed E-state index contributed by atoms with van der Waals surface area (Å²) in [5, 5.41) is 6.90. The van der Waals surface area contributed by atoms with E-state index >= 15 is 0 Å². The number of aromatic amines is 1. The van der Waals surface area contributed by atoms with E-state index in [1.165, 1.54) is 24.0 Å². The van der Waals surface area contributed by atoms with Gasteiger partial charge < -0.3 is 0 Å². The van der Waals surface area contributed by atoms with Gasteiger partial charge in [0.1, 0.15) is 0 Å². The third-order valence-electron chi connectivity index (χ3n) is 2.91. The molecule has 1 saturated carbocycles. The van der Waals surface area contributed by atoms with E-state index in [4.69, 9.17) is 0 Å². The number of benzene rings is 1. The number of halogens is 1. The summed E-state index contributed by atoms with van der Waals surface area (Å²) in [6.07, 6.45) is 2.48. The van der Waals surface area contributed by atoms with Gasteiger partial charge in [-0.1, -0.05) is 0 Å². The summed E-state index contributed by atoms with van der Waals surface area (Å²) in [6, 6.07) is 3.91. The van der Waals surface area contributed by atoms with Gasteiger partial charge in [0.25, 0.3) is 0 Å². The van der Waals surface area contributed by atoms with Crippen LogP contribution in [0.3, 0.4) is 0 Å². The van der Waals surface area contributed by atoms with Crippen LogP contribution in [0.4, 0.5) is 4.39 Å². The zero-order valence-corrected chi connectivity index (χ0v) is 7.97. The van der Waals surface area contributed by atoms with Crippen molar-refractivity contribution in [2.24, 2.45) is 0 Å². The van der Waals surface area contributed by atoms with Crippen molar-refractivity contribution in [2.45, 2.75) is 25.7 Å². The van der Waals surface area contributed by atoms with Gasteiger partial charge in [0.05, 0.1) is 10.9 Å². The fourth-order valence-electron chi connectivity index (χ4n) is 1.98. The summed E-state index contributed by atoms with van der Waals surface area (Å²) in [5.41, 5.74) is 3.24. The van der Waals surface area contributed by atoms with Crippen molar-refractivity contribution in [3.05, 3.63) is 29.2 Å². The van der Waals surface area contributed by atoms with Crippen LogP contribution in [-0.4, -0.2) is 10.2 Å². The summed E-state index contributed by atoms with van der Waals surface area (Å²) < 4.78 is 13.2. The van der Waals surface area contributed by atoms with Crippen molar-refractivity contribution in [3.8, 4) is 0 Å². The van der Waals surface area contributed by atoms with Gasteiger partial charge in [-0.2, -0.15) is 9.49 Å². The Bertz CT molecular complexity index is 497. The van der Waals surface area contributed by atoms with E-state index in [-0.39, 0.29) is 5.95 Å². The molecule has 3 rings (SSSR count). The highest BCUT2D eigenvalue weighted by Gasteiger charge is 2.25. The lowest BCUT2D eigenvalue weighted by atomic mass is 10.0. The molecule has 3 heteroatoms. The number of fused-ring (bicyclic) bond motifs is 1. The number of nitrogens with one attached hydrogen (secondary N) is 1. The standard InChI is InChI=1S/C11H11FN2/c1-6-4-10-9(11(12)14-13-10)5-8(6)7-2-3-7/h4-5,7H,2-3H2,1H3,(H,13,14). The Hall–Kier alpha value is -1.38. The summed E-state index contributed by atoms with van der Waals surface area (Å²) in [7, 11) is 0. The minimum absolute atomic E-state index is 0.318. The SMILES string of the molecule is Cc1cc2n[nH]c(F)c2cc1C1CC1. The molecule has 1 aliphatic carbocycles. The van der Waals surface area contributed by atoms with Crippen molar-refractivity contribution in [2.75, 3.05) is 0 Å². The first kappa shape index (κ1) is 7.97. The van der Waals surface area contributed by atoms with Gasteiger partial charge in [0.2, 0.25) is 5.95 Å². The summed E-state index contributed by atoms with van der Waals surface area (Å²) >= 11 is 0. The Morgan fingerprint density at radius 3 is 2.93 bits per heavy atom. The first-order chi connectivity index (χ1) is 6.75. The first-order valence-corrected chi connectivity index (χ1v) is 4.90. The molecule has 2 nitrogen and oxygen atoms in total. The Kier molecular flexibility index (Phi) is 1.46. The van der Waals surface area contributed by atoms with Crippen molar-refractivity contribution in [1.82, 2.24) is 10.2 Å². The molecule has 1 fully saturated rings. The third-order valence-corrected chi connectivity index (χ3v) is 2.91. The van der Waals surface area contributed by atoms with Crippen LogP contribution >= 0.6 is 0 Å². The molecule has 1 N–H and O–H groups in total. The number of hydrogen-bond donors (Lipinski definition) is 1. The summed E-state index contributed by atoms with van der Waals surface area (Å²) in [5.74, 6) is 0.343. The van der Waals surface area contributed by atoms with Crippen LogP contribution in [-0.2, 0) is 0 Å². The van der Waals surface area contributed by atoms with Gasteiger partial charge in [0, 0.05) is 0 Å². The highest BCUT2D eigenvalue weighted by Crippen LogP contribution is 2.42. The molecule has 0 bridgehead atoms. The largest absolute Gasteiger partial charge is 0.252 e. The Morgan fingerprint density at radius 1 is 1.43 bits per heavy atom. The van der Waals surface area contributed by atoms with Crippen molar-refractivity contribution in [1.29, 1.82) is 0 Å². The number of hydrogen-bond acceptors (Lipinski definition) is 1. The van der Waals surface area contributed by atoms with E-state index in [1.807, 2.05) is 12.1 Å². The molecule has 2 aromatic rings. The molecule has 72 valence electrons. The van der Waals surface area contributed by atoms with Crippen molar-refractivity contribution >= 4 is 10.9 Å². The van der Waals surface area contributed by atoms with E-state index in [0.29, 0.717) is 11.3 Å². The van der Waals surface area contributed by atoms with Crippen LogP contribution < -0.4 is 0 Å². The van der Waals surface area contributed by atoms with Crippen molar-refractivity contribution in [3.63, 3.8) is 0 Å². The van der Waals surface area contributed by atoms with E-state index in [9.17, 15) is 4.39 Å². The minimum atomic E-state index is -0.318. The molecule has 0 saturated heterocycles. The van der Waals surface area contributed by atoms with E-state index in [1.54, 1.807) is 0 Å². The van der Waals surface area contributed by atoms with Crippen LogP contribution in [0, 0.1) is 12.9 Å². The molecular formula is C11H11FN2. The maximum absolute atomic E-state index is 13.2. The van der Waals surface area contributed by atoms with E-state index < -0.39 is 0 Å². The number of rotatable bonds is 1. The summed E-state index contributed by atoms with van der Waals surface area (Å²) in [4.78, 5) is 0. The normalized spacial score (nSPS) is 16.4. The molecule has 0 unspecified atom stereocenters. The lowest BCUT2D eigenvalue weighted by Gasteiger charge is -2.02. The highest BCUT2D eigenvalue weighted by atomic mass is 19.1. The van der Waals surface area contributed by atoms with Gasteiger partial charge in [-0.05, 0) is 48.9 Å².